The molecule has 0 saturated heterocycles. The second kappa shape index (κ2) is 12.3. The average molecular weight is 256 g/mol. The zero-order chi connectivity index (χ0) is 12.9. The molecule has 0 fully saturated rings. The molecular formula is C14H28N2S. The summed E-state index contributed by atoms with van der Waals surface area (Å²) in [4.78, 5) is 1.98. The third kappa shape index (κ3) is 10.7. The molecule has 3 heteroatoms. The van der Waals surface area contributed by atoms with Gasteiger partial charge >= 0.3 is 0 Å². The van der Waals surface area contributed by atoms with Gasteiger partial charge in [-0.25, -0.2) is 0 Å². The molecule has 0 heterocycles. The maximum atomic E-state index is 8.91. The van der Waals surface area contributed by atoms with E-state index in [1.165, 1.54) is 51.4 Å². The van der Waals surface area contributed by atoms with Crippen LogP contribution in [0.15, 0.2) is 0 Å². The van der Waals surface area contributed by atoms with Crippen molar-refractivity contribution in [2.24, 2.45) is 0 Å². The number of nitrogens with zero attached hydrogens (tertiary/aromatic N) is 2. The molecule has 0 saturated carbocycles. The average Bonchev–Trinajstić information content (AvgIpc) is 2.31. The standard InChI is InChI=1S/C14H28N2S/c1-4-5-6-7-8-9-10-11-12-17-14(13-15)16(2)3/h14H,4-12H2,1-3H3. The first kappa shape index (κ1) is 16.8. The van der Waals surface area contributed by atoms with Crippen molar-refractivity contribution in [1.82, 2.24) is 4.90 Å². The molecule has 0 radical (unpaired) electrons. The Morgan fingerprint density at radius 3 is 2.00 bits per heavy atom. The SMILES string of the molecule is CCCCCCCCCCSC(C#N)N(C)C. The van der Waals surface area contributed by atoms with Crippen LogP contribution in [0.3, 0.4) is 0 Å². The van der Waals surface area contributed by atoms with E-state index in [1.54, 1.807) is 11.8 Å². The maximum absolute atomic E-state index is 8.91. The van der Waals surface area contributed by atoms with Crippen LogP contribution in [-0.4, -0.2) is 30.1 Å². The molecule has 0 bridgehead atoms. The van der Waals surface area contributed by atoms with Crippen LogP contribution in [0.5, 0.6) is 0 Å². The summed E-state index contributed by atoms with van der Waals surface area (Å²) >= 11 is 1.77. The molecular weight excluding hydrogens is 228 g/mol. The Balaban J connectivity index is 3.21. The van der Waals surface area contributed by atoms with Gasteiger partial charge in [-0.2, -0.15) is 5.26 Å². The van der Waals surface area contributed by atoms with E-state index >= 15 is 0 Å². The minimum absolute atomic E-state index is 0.0274. The second-order valence-electron chi connectivity index (χ2n) is 4.79. The highest BCUT2D eigenvalue weighted by Crippen LogP contribution is 2.16. The lowest BCUT2D eigenvalue weighted by Crippen LogP contribution is -2.23. The van der Waals surface area contributed by atoms with E-state index in [1.807, 2.05) is 19.0 Å². The van der Waals surface area contributed by atoms with Crippen LogP contribution in [0.1, 0.15) is 58.3 Å². The van der Waals surface area contributed by atoms with Crippen LogP contribution in [-0.2, 0) is 0 Å². The summed E-state index contributed by atoms with van der Waals surface area (Å²) in [6.45, 7) is 2.26. The Morgan fingerprint density at radius 1 is 1.00 bits per heavy atom. The first-order valence-electron chi connectivity index (χ1n) is 6.90. The second-order valence-corrected chi connectivity index (χ2v) is 5.98. The van der Waals surface area contributed by atoms with Gasteiger partial charge in [0.15, 0.2) is 0 Å². The Morgan fingerprint density at radius 2 is 1.53 bits per heavy atom. The minimum Gasteiger partial charge on any atom is -0.286 e. The van der Waals surface area contributed by atoms with Gasteiger partial charge < -0.3 is 0 Å². The number of thioether (sulfide) groups is 1. The molecule has 0 N–H and O–H groups in total. The molecule has 0 aliphatic rings. The van der Waals surface area contributed by atoms with Gasteiger partial charge in [0.05, 0.1) is 6.07 Å². The predicted molar refractivity (Wildman–Crippen MR) is 78.2 cm³/mol. The van der Waals surface area contributed by atoms with Crippen LogP contribution in [0, 0.1) is 11.3 Å². The third-order valence-corrected chi connectivity index (χ3v) is 4.22. The molecule has 17 heavy (non-hydrogen) atoms. The quantitative estimate of drug-likeness (QED) is 0.408. The van der Waals surface area contributed by atoms with Crippen LogP contribution < -0.4 is 0 Å². The Hall–Kier alpha value is -0.200. The van der Waals surface area contributed by atoms with Crippen molar-refractivity contribution in [3.8, 4) is 6.07 Å². The lowest BCUT2D eigenvalue weighted by Gasteiger charge is -2.15. The summed E-state index contributed by atoms with van der Waals surface area (Å²) < 4.78 is 0. The Labute approximate surface area is 112 Å². The maximum Gasteiger partial charge on any atom is 0.144 e. The van der Waals surface area contributed by atoms with E-state index in [0.29, 0.717) is 0 Å². The van der Waals surface area contributed by atoms with Crippen LogP contribution in [0.4, 0.5) is 0 Å². The highest BCUT2D eigenvalue weighted by molar-refractivity contribution is 8.00. The van der Waals surface area contributed by atoms with Crippen LogP contribution in [0.2, 0.25) is 0 Å². The summed E-state index contributed by atoms with van der Waals surface area (Å²) in [6.07, 6.45) is 10.9. The fraction of sp³-hybridized carbons (Fsp3) is 0.929. The molecule has 0 amide bonds. The van der Waals surface area contributed by atoms with Gasteiger partial charge in [-0.3, -0.25) is 4.90 Å². The summed E-state index contributed by atoms with van der Waals surface area (Å²) in [7, 11) is 3.93. The van der Waals surface area contributed by atoms with Crippen LogP contribution >= 0.6 is 11.8 Å². The zero-order valence-corrected chi connectivity index (χ0v) is 12.6. The number of unbranched alkanes of at least 4 members (excludes halogenated alkanes) is 7. The minimum atomic E-state index is 0.0274. The summed E-state index contributed by atoms with van der Waals surface area (Å²) in [5.74, 6) is 1.12. The molecule has 0 aliphatic heterocycles. The van der Waals surface area contributed by atoms with Gasteiger partial charge in [-0.15, -0.1) is 11.8 Å². The van der Waals surface area contributed by atoms with E-state index in [9.17, 15) is 0 Å². The number of rotatable bonds is 11. The van der Waals surface area contributed by atoms with E-state index in [2.05, 4.69) is 13.0 Å². The fourth-order valence-electron chi connectivity index (χ4n) is 1.73. The molecule has 1 atom stereocenters. The molecule has 0 aromatic rings. The monoisotopic (exact) mass is 256 g/mol. The van der Waals surface area contributed by atoms with Gasteiger partial charge in [0.25, 0.3) is 0 Å². The topological polar surface area (TPSA) is 27.0 Å². The van der Waals surface area contributed by atoms with Crippen molar-refractivity contribution in [2.75, 3.05) is 19.8 Å². The highest BCUT2D eigenvalue weighted by Gasteiger charge is 2.08. The lowest BCUT2D eigenvalue weighted by atomic mass is 10.1. The first-order valence-corrected chi connectivity index (χ1v) is 7.95. The van der Waals surface area contributed by atoms with Crippen molar-refractivity contribution in [1.29, 1.82) is 5.26 Å². The highest BCUT2D eigenvalue weighted by atomic mass is 32.2. The van der Waals surface area contributed by atoms with Crippen molar-refractivity contribution in [2.45, 2.75) is 63.7 Å². The third-order valence-electron chi connectivity index (χ3n) is 2.85. The molecule has 100 valence electrons. The van der Waals surface area contributed by atoms with Crippen molar-refractivity contribution < 1.29 is 0 Å². The molecule has 0 aromatic carbocycles. The molecule has 1 unspecified atom stereocenters. The predicted octanol–water partition coefficient (Wildman–Crippen LogP) is 4.27. The molecule has 0 rings (SSSR count). The van der Waals surface area contributed by atoms with E-state index in [4.69, 9.17) is 5.26 Å². The summed E-state index contributed by atoms with van der Waals surface area (Å²) in [5.41, 5.74) is 0. The molecule has 0 spiro atoms. The summed E-state index contributed by atoms with van der Waals surface area (Å²) in [5, 5.41) is 8.93. The zero-order valence-electron chi connectivity index (χ0n) is 11.7. The lowest BCUT2D eigenvalue weighted by molar-refractivity contribution is 0.433. The smallest absolute Gasteiger partial charge is 0.144 e. The van der Waals surface area contributed by atoms with Gasteiger partial charge in [0, 0.05) is 0 Å². The van der Waals surface area contributed by atoms with E-state index in [0.717, 1.165) is 5.75 Å². The van der Waals surface area contributed by atoms with Gasteiger partial charge in [-0.1, -0.05) is 51.9 Å². The van der Waals surface area contributed by atoms with Crippen molar-refractivity contribution in [3.05, 3.63) is 0 Å². The Bertz CT molecular complexity index is 199. The largest absolute Gasteiger partial charge is 0.286 e. The van der Waals surface area contributed by atoms with Crippen molar-refractivity contribution >= 4 is 11.8 Å². The van der Waals surface area contributed by atoms with Gasteiger partial charge in [0.2, 0.25) is 0 Å². The van der Waals surface area contributed by atoms with Crippen molar-refractivity contribution in [3.63, 3.8) is 0 Å². The number of nitriles is 1. The number of hydrogen-bond acceptors (Lipinski definition) is 3. The van der Waals surface area contributed by atoms with Gasteiger partial charge in [-0.05, 0) is 26.3 Å². The van der Waals surface area contributed by atoms with E-state index < -0.39 is 0 Å². The Kier molecular flexibility index (Phi) is 12.1. The molecule has 2 nitrogen and oxygen atoms in total. The molecule has 0 aromatic heterocycles. The van der Waals surface area contributed by atoms with E-state index in [-0.39, 0.29) is 5.37 Å². The summed E-state index contributed by atoms with van der Waals surface area (Å²) in [6, 6.07) is 2.32. The fourth-order valence-corrected chi connectivity index (χ4v) is 2.70. The normalized spacial score (nSPS) is 12.6. The van der Waals surface area contributed by atoms with Crippen LogP contribution in [0.25, 0.3) is 0 Å². The van der Waals surface area contributed by atoms with Gasteiger partial charge in [0.1, 0.15) is 5.37 Å². The number of hydrogen-bond donors (Lipinski definition) is 0. The first-order chi connectivity index (χ1) is 8.22. The molecule has 0 aliphatic carbocycles.